The molecule has 1 amide bonds. The summed E-state index contributed by atoms with van der Waals surface area (Å²) in [5, 5.41) is 9.94. The van der Waals surface area contributed by atoms with Gasteiger partial charge >= 0.3 is 0 Å². The number of carbonyl (C=O) groups excluding carboxylic acids is 2. The summed E-state index contributed by atoms with van der Waals surface area (Å²) in [6.07, 6.45) is 2.70. The Morgan fingerprint density at radius 2 is 1.86 bits per heavy atom. The lowest BCUT2D eigenvalue weighted by Gasteiger charge is -2.28. The Morgan fingerprint density at radius 3 is 2.58 bits per heavy atom. The van der Waals surface area contributed by atoms with Gasteiger partial charge in [-0.15, -0.1) is 0 Å². The van der Waals surface area contributed by atoms with Crippen LogP contribution in [0.3, 0.4) is 0 Å². The number of benzene rings is 2. The number of carbonyl (C=O) groups is 2. The summed E-state index contributed by atoms with van der Waals surface area (Å²) in [6, 6.07) is 8.88. The zero-order chi connectivity index (χ0) is 25.8. The number of rotatable bonds is 7. The topological polar surface area (TPSA) is 105 Å². The van der Waals surface area contributed by atoms with Crippen LogP contribution in [0.1, 0.15) is 26.2 Å². The van der Waals surface area contributed by atoms with Gasteiger partial charge in [0.2, 0.25) is 11.8 Å². The number of amides is 1. The molecule has 2 aromatic carbocycles. The van der Waals surface area contributed by atoms with Gasteiger partial charge in [0, 0.05) is 30.2 Å². The van der Waals surface area contributed by atoms with Gasteiger partial charge in [-0.2, -0.15) is 5.26 Å². The number of likely N-dealkylation sites (tertiary alicyclic amines) is 1. The van der Waals surface area contributed by atoms with Crippen molar-refractivity contribution in [3.63, 3.8) is 0 Å². The molecule has 1 saturated heterocycles. The number of hydrogen-bond donors (Lipinski definition) is 0. The predicted octanol–water partition coefficient (Wildman–Crippen LogP) is 5.36. The fraction of sp³-hybridized carbons (Fsp3) is 0.320. The summed E-state index contributed by atoms with van der Waals surface area (Å²) in [5.74, 6) is -3.94. The second-order valence-electron chi connectivity index (χ2n) is 8.27. The smallest absolute Gasteiger partial charge is 0.247 e. The number of aromatic nitrogens is 2. The van der Waals surface area contributed by atoms with Gasteiger partial charge in [0.15, 0.2) is 35.1 Å². The number of nitriles is 1. The molecule has 2 unspecified atom stereocenters. The van der Waals surface area contributed by atoms with Crippen LogP contribution in [0.25, 0.3) is 11.0 Å². The molecule has 3 aromatic rings. The van der Waals surface area contributed by atoms with Crippen LogP contribution < -0.4 is 9.47 Å². The zero-order valence-corrected chi connectivity index (χ0v) is 20.7. The molecule has 0 radical (unpaired) electrons. The normalized spacial score (nSPS) is 15.1. The summed E-state index contributed by atoms with van der Waals surface area (Å²) < 4.78 is 25.8. The lowest BCUT2D eigenvalue weighted by Crippen LogP contribution is -2.44. The first kappa shape index (κ1) is 25.6. The van der Waals surface area contributed by atoms with Crippen LogP contribution in [0.15, 0.2) is 36.5 Å². The van der Waals surface area contributed by atoms with Crippen molar-refractivity contribution in [2.45, 2.75) is 32.3 Å². The van der Waals surface area contributed by atoms with Crippen molar-refractivity contribution >= 4 is 45.9 Å². The van der Waals surface area contributed by atoms with Crippen molar-refractivity contribution in [1.82, 2.24) is 14.9 Å². The highest BCUT2D eigenvalue weighted by Crippen LogP contribution is 2.35. The molecule has 36 heavy (non-hydrogen) atoms. The molecule has 1 aliphatic rings. The van der Waals surface area contributed by atoms with Crippen LogP contribution in [0.2, 0.25) is 10.0 Å². The molecule has 0 saturated carbocycles. The van der Waals surface area contributed by atoms with Crippen molar-refractivity contribution in [1.29, 1.82) is 5.26 Å². The molecule has 8 nitrogen and oxygen atoms in total. The first-order valence-electron chi connectivity index (χ1n) is 11.2. The fourth-order valence-corrected chi connectivity index (χ4v) is 4.18. The van der Waals surface area contributed by atoms with Gasteiger partial charge in [-0.1, -0.05) is 23.2 Å². The molecule has 1 aliphatic heterocycles. The maximum atomic E-state index is 14.6. The van der Waals surface area contributed by atoms with E-state index in [1.165, 1.54) is 24.1 Å². The summed E-state index contributed by atoms with van der Waals surface area (Å²) in [7, 11) is 0. The molecule has 1 aromatic heterocycles. The number of hydrogen-bond acceptors (Lipinski definition) is 7. The van der Waals surface area contributed by atoms with E-state index in [0.29, 0.717) is 29.1 Å². The SMILES string of the molecule is CC(Oc1cc(Oc2cnc3cc(Cl)ccc3n2)c(Cl)cc1F)C(=O)C(C#N)C(=O)N1CCCCC1. The Labute approximate surface area is 216 Å². The van der Waals surface area contributed by atoms with E-state index in [-0.39, 0.29) is 22.4 Å². The second-order valence-corrected chi connectivity index (χ2v) is 9.11. The minimum Gasteiger partial charge on any atom is -0.480 e. The molecule has 0 spiro atoms. The first-order valence-corrected chi connectivity index (χ1v) is 12.0. The van der Waals surface area contributed by atoms with E-state index in [9.17, 15) is 19.2 Å². The van der Waals surface area contributed by atoms with E-state index >= 15 is 0 Å². The van der Waals surface area contributed by atoms with E-state index in [1.54, 1.807) is 24.3 Å². The first-order chi connectivity index (χ1) is 17.3. The maximum absolute atomic E-state index is 14.6. The number of nitrogens with zero attached hydrogens (tertiary/aromatic N) is 4. The number of halogens is 3. The van der Waals surface area contributed by atoms with Crippen molar-refractivity contribution in [2.75, 3.05) is 13.1 Å². The molecule has 0 aliphatic carbocycles. The Bertz CT molecular complexity index is 1360. The lowest BCUT2D eigenvalue weighted by molar-refractivity contribution is -0.142. The average molecular weight is 531 g/mol. The zero-order valence-electron chi connectivity index (χ0n) is 19.2. The number of ether oxygens (including phenoxy) is 2. The number of piperidine rings is 1. The third-order valence-electron chi connectivity index (χ3n) is 5.72. The predicted molar refractivity (Wildman–Crippen MR) is 131 cm³/mol. The summed E-state index contributed by atoms with van der Waals surface area (Å²) >= 11 is 12.1. The van der Waals surface area contributed by atoms with E-state index in [2.05, 4.69) is 9.97 Å². The summed E-state index contributed by atoms with van der Waals surface area (Å²) in [6.45, 7) is 2.35. The van der Waals surface area contributed by atoms with E-state index in [1.807, 2.05) is 0 Å². The maximum Gasteiger partial charge on any atom is 0.247 e. The van der Waals surface area contributed by atoms with Gasteiger partial charge in [-0.25, -0.2) is 14.4 Å². The molecular formula is C25H21Cl2FN4O4. The van der Waals surface area contributed by atoms with Crippen LogP contribution in [0.4, 0.5) is 4.39 Å². The van der Waals surface area contributed by atoms with Crippen LogP contribution in [-0.2, 0) is 9.59 Å². The van der Waals surface area contributed by atoms with E-state index in [4.69, 9.17) is 32.7 Å². The third kappa shape index (κ3) is 5.66. The van der Waals surface area contributed by atoms with Crippen LogP contribution in [0.5, 0.6) is 17.4 Å². The number of fused-ring (bicyclic) bond motifs is 1. The van der Waals surface area contributed by atoms with Crippen LogP contribution >= 0.6 is 23.2 Å². The Hall–Kier alpha value is -3.48. The highest BCUT2D eigenvalue weighted by Gasteiger charge is 2.35. The van der Waals surface area contributed by atoms with Gasteiger partial charge in [-0.05, 0) is 44.4 Å². The second kappa shape index (κ2) is 11.1. The van der Waals surface area contributed by atoms with Gasteiger partial charge in [-0.3, -0.25) is 9.59 Å². The third-order valence-corrected chi connectivity index (χ3v) is 6.25. The van der Waals surface area contributed by atoms with Gasteiger partial charge in [0.1, 0.15) is 0 Å². The van der Waals surface area contributed by atoms with Crippen molar-refractivity contribution in [3.8, 4) is 23.4 Å². The Balaban J connectivity index is 1.51. The Kier molecular flexibility index (Phi) is 7.87. The summed E-state index contributed by atoms with van der Waals surface area (Å²) in [5.41, 5.74) is 1.08. The van der Waals surface area contributed by atoms with Crippen molar-refractivity contribution in [3.05, 3.63) is 52.4 Å². The van der Waals surface area contributed by atoms with Crippen molar-refractivity contribution < 1.29 is 23.5 Å². The molecule has 186 valence electrons. The minimum absolute atomic E-state index is 0.0107. The molecular weight excluding hydrogens is 510 g/mol. The molecule has 11 heteroatoms. The number of ketones is 1. The molecule has 2 atom stereocenters. The summed E-state index contributed by atoms with van der Waals surface area (Å²) in [4.78, 5) is 35.6. The van der Waals surface area contributed by atoms with Crippen LogP contribution in [-0.4, -0.2) is 45.8 Å². The highest BCUT2D eigenvalue weighted by atomic mass is 35.5. The quantitative estimate of drug-likeness (QED) is 0.378. The van der Waals surface area contributed by atoms with E-state index in [0.717, 1.165) is 25.3 Å². The monoisotopic (exact) mass is 530 g/mol. The van der Waals surface area contributed by atoms with E-state index < -0.39 is 29.5 Å². The number of Topliss-reactive ketones (excluding diaryl/α,β-unsaturated/α-hetero) is 1. The van der Waals surface area contributed by atoms with Gasteiger partial charge in [0.25, 0.3) is 0 Å². The van der Waals surface area contributed by atoms with Crippen LogP contribution in [0, 0.1) is 23.1 Å². The average Bonchev–Trinajstić information content (AvgIpc) is 2.87. The largest absolute Gasteiger partial charge is 0.480 e. The molecule has 4 rings (SSSR count). The molecule has 1 fully saturated rings. The van der Waals surface area contributed by atoms with Gasteiger partial charge in [0.05, 0.1) is 28.3 Å². The minimum atomic E-state index is -1.54. The highest BCUT2D eigenvalue weighted by molar-refractivity contribution is 6.32. The molecule has 0 N–H and O–H groups in total. The molecule has 0 bridgehead atoms. The molecule has 2 heterocycles. The fourth-order valence-electron chi connectivity index (χ4n) is 3.83. The standard InChI is InChI=1S/C25H21Cl2FN4O4/c1-14(24(33)16(12-29)25(34)32-7-3-2-4-8-32)35-22-11-21(17(27)10-18(22)28)36-23-13-30-20-9-15(26)5-6-19(20)31-23/h5-6,9-11,13-14,16H,2-4,7-8H2,1H3. The Morgan fingerprint density at radius 1 is 1.11 bits per heavy atom. The van der Waals surface area contributed by atoms with Gasteiger partial charge < -0.3 is 14.4 Å². The van der Waals surface area contributed by atoms with Crippen molar-refractivity contribution in [2.24, 2.45) is 5.92 Å². The lowest BCUT2D eigenvalue weighted by atomic mass is 9.99.